The molecule has 0 aromatic carbocycles. The summed E-state index contributed by atoms with van der Waals surface area (Å²) in [5.74, 6) is 0.413. The SMILES string of the molecule is Cn1c([N+](=O)[O-])cnc1-c1nc(/C=N\N2CCOCC2)cs1. The zero-order valence-electron chi connectivity index (χ0n) is 11.9. The maximum absolute atomic E-state index is 10.8. The Balaban J connectivity index is 1.76. The fourth-order valence-corrected chi connectivity index (χ4v) is 2.83. The molecule has 0 radical (unpaired) electrons. The maximum atomic E-state index is 10.8. The minimum Gasteiger partial charge on any atom is -0.378 e. The lowest BCUT2D eigenvalue weighted by Gasteiger charge is -2.23. The number of hydrogen-bond donors (Lipinski definition) is 0. The molecule has 2 aromatic heterocycles. The number of rotatable bonds is 4. The number of imidazole rings is 1. The third-order valence-corrected chi connectivity index (χ3v) is 4.06. The number of nitro groups is 1. The molecule has 1 aliphatic heterocycles. The predicted molar refractivity (Wildman–Crippen MR) is 81.0 cm³/mol. The van der Waals surface area contributed by atoms with E-state index in [0.29, 0.717) is 29.7 Å². The summed E-state index contributed by atoms with van der Waals surface area (Å²) < 4.78 is 6.67. The summed E-state index contributed by atoms with van der Waals surface area (Å²) >= 11 is 1.38. The van der Waals surface area contributed by atoms with Gasteiger partial charge in [-0.25, -0.2) is 14.5 Å². The van der Waals surface area contributed by atoms with Crippen molar-refractivity contribution >= 4 is 23.4 Å². The van der Waals surface area contributed by atoms with Crippen LogP contribution in [0.2, 0.25) is 0 Å². The van der Waals surface area contributed by atoms with Gasteiger partial charge in [-0.3, -0.25) is 5.01 Å². The topological polar surface area (TPSA) is 98.7 Å². The Kier molecular flexibility index (Phi) is 4.11. The zero-order valence-corrected chi connectivity index (χ0v) is 12.7. The van der Waals surface area contributed by atoms with Crippen LogP contribution < -0.4 is 0 Å². The Hall–Kier alpha value is -2.33. The molecule has 3 heterocycles. The van der Waals surface area contributed by atoms with Crippen LogP contribution in [0.4, 0.5) is 5.82 Å². The van der Waals surface area contributed by atoms with Crippen molar-refractivity contribution in [1.82, 2.24) is 19.5 Å². The van der Waals surface area contributed by atoms with Crippen LogP contribution in [0.1, 0.15) is 5.69 Å². The lowest BCUT2D eigenvalue weighted by atomic mass is 10.5. The van der Waals surface area contributed by atoms with Crippen LogP contribution >= 0.6 is 11.3 Å². The molecule has 2 aromatic rings. The Bertz CT molecular complexity index is 704. The Morgan fingerprint density at radius 3 is 2.95 bits per heavy atom. The summed E-state index contributed by atoms with van der Waals surface area (Å²) in [4.78, 5) is 18.8. The van der Waals surface area contributed by atoms with Gasteiger partial charge in [0.15, 0.2) is 5.01 Å². The van der Waals surface area contributed by atoms with Crippen LogP contribution in [0.3, 0.4) is 0 Å². The molecule has 0 atom stereocenters. The van der Waals surface area contributed by atoms with E-state index in [2.05, 4.69) is 15.1 Å². The monoisotopic (exact) mass is 322 g/mol. The van der Waals surface area contributed by atoms with E-state index < -0.39 is 4.92 Å². The van der Waals surface area contributed by atoms with Gasteiger partial charge in [0, 0.05) is 5.38 Å². The van der Waals surface area contributed by atoms with Crippen LogP contribution in [-0.4, -0.2) is 57.0 Å². The molecule has 0 saturated carbocycles. The molecule has 1 fully saturated rings. The van der Waals surface area contributed by atoms with Gasteiger partial charge in [0.2, 0.25) is 0 Å². The molecule has 0 spiro atoms. The lowest BCUT2D eigenvalue weighted by molar-refractivity contribution is -0.391. The highest BCUT2D eigenvalue weighted by atomic mass is 32.1. The molecule has 0 unspecified atom stereocenters. The first-order valence-electron chi connectivity index (χ1n) is 6.64. The van der Waals surface area contributed by atoms with Crippen LogP contribution in [0.25, 0.3) is 10.8 Å². The molecule has 0 bridgehead atoms. The first kappa shape index (κ1) is 14.6. The fourth-order valence-electron chi connectivity index (χ4n) is 2.03. The van der Waals surface area contributed by atoms with E-state index >= 15 is 0 Å². The van der Waals surface area contributed by atoms with E-state index in [1.165, 1.54) is 22.1 Å². The molecule has 0 aliphatic carbocycles. The summed E-state index contributed by atoms with van der Waals surface area (Å²) in [5, 5.41) is 19.6. The second-order valence-electron chi connectivity index (χ2n) is 4.64. The largest absolute Gasteiger partial charge is 0.378 e. The van der Waals surface area contributed by atoms with Gasteiger partial charge in [0.1, 0.15) is 6.20 Å². The number of morpholine rings is 1. The minimum atomic E-state index is -0.467. The van der Waals surface area contributed by atoms with E-state index in [9.17, 15) is 10.1 Å². The fraction of sp³-hybridized carbons (Fsp3) is 0.417. The molecule has 22 heavy (non-hydrogen) atoms. The van der Waals surface area contributed by atoms with Gasteiger partial charge in [0.25, 0.3) is 5.82 Å². The first-order chi connectivity index (χ1) is 10.6. The third kappa shape index (κ3) is 2.97. The van der Waals surface area contributed by atoms with Crippen molar-refractivity contribution in [3.63, 3.8) is 0 Å². The summed E-state index contributed by atoms with van der Waals surface area (Å²) in [6.07, 6.45) is 2.92. The number of ether oxygens (including phenoxy) is 1. The van der Waals surface area contributed by atoms with Crippen LogP contribution in [-0.2, 0) is 11.8 Å². The average Bonchev–Trinajstić information content (AvgIpc) is 3.12. The van der Waals surface area contributed by atoms with Crippen molar-refractivity contribution in [2.24, 2.45) is 12.1 Å². The van der Waals surface area contributed by atoms with E-state index in [0.717, 1.165) is 13.1 Å². The highest BCUT2D eigenvalue weighted by Gasteiger charge is 2.20. The average molecular weight is 322 g/mol. The normalized spacial score (nSPS) is 15.6. The van der Waals surface area contributed by atoms with E-state index in [1.807, 2.05) is 10.4 Å². The zero-order chi connectivity index (χ0) is 15.5. The van der Waals surface area contributed by atoms with Crippen molar-refractivity contribution in [2.75, 3.05) is 26.3 Å². The van der Waals surface area contributed by atoms with Crippen molar-refractivity contribution in [3.05, 3.63) is 27.4 Å². The van der Waals surface area contributed by atoms with Gasteiger partial charge in [-0.2, -0.15) is 5.10 Å². The molecule has 1 saturated heterocycles. The van der Waals surface area contributed by atoms with Crippen LogP contribution in [0.15, 0.2) is 16.7 Å². The summed E-state index contributed by atoms with van der Waals surface area (Å²) in [6.45, 7) is 2.88. The molecular weight excluding hydrogens is 308 g/mol. The van der Waals surface area contributed by atoms with Crippen molar-refractivity contribution in [2.45, 2.75) is 0 Å². The molecule has 0 amide bonds. The van der Waals surface area contributed by atoms with Gasteiger partial charge in [-0.15, -0.1) is 11.3 Å². The molecule has 9 nitrogen and oxygen atoms in total. The number of aromatic nitrogens is 3. The lowest BCUT2D eigenvalue weighted by Crippen LogP contribution is -2.32. The Labute approximate surface area is 130 Å². The Morgan fingerprint density at radius 1 is 1.50 bits per heavy atom. The van der Waals surface area contributed by atoms with Gasteiger partial charge in [-0.1, -0.05) is 0 Å². The number of hydrazone groups is 1. The Morgan fingerprint density at radius 2 is 2.27 bits per heavy atom. The smallest absolute Gasteiger partial charge is 0.342 e. The molecule has 116 valence electrons. The van der Waals surface area contributed by atoms with E-state index in [-0.39, 0.29) is 5.82 Å². The standard InChI is InChI=1S/C12H14N6O3S/c1-16-10(18(19)20)7-13-11(16)12-15-9(8-22-12)6-14-17-2-4-21-5-3-17/h6-8H,2-5H2,1H3/b14-6-. The van der Waals surface area contributed by atoms with E-state index in [1.54, 1.807) is 13.3 Å². The molecule has 1 aliphatic rings. The van der Waals surface area contributed by atoms with Crippen molar-refractivity contribution in [3.8, 4) is 10.8 Å². The van der Waals surface area contributed by atoms with Gasteiger partial charge < -0.3 is 14.9 Å². The second-order valence-corrected chi connectivity index (χ2v) is 5.50. The van der Waals surface area contributed by atoms with Crippen molar-refractivity contribution < 1.29 is 9.66 Å². The van der Waals surface area contributed by atoms with Gasteiger partial charge in [-0.05, 0) is 4.92 Å². The quantitative estimate of drug-likeness (QED) is 0.475. The molecule has 0 N–H and O–H groups in total. The number of thiazole rings is 1. The summed E-state index contributed by atoms with van der Waals surface area (Å²) in [7, 11) is 1.60. The highest BCUT2D eigenvalue weighted by molar-refractivity contribution is 7.13. The minimum absolute atomic E-state index is 0.0614. The van der Waals surface area contributed by atoms with Crippen LogP contribution in [0, 0.1) is 10.1 Å². The second kappa shape index (κ2) is 6.20. The van der Waals surface area contributed by atoms with Gasteiger partial charge >= 0.3 is 5.82 Å². The van der Waals surface area contributed by atoms with Crippen molar-refractivity contribution in [1.29, 1.82) is 0 Å². The number of nitrogens with zero attached hydrogens (tertiary/aromatic N) is 6. The highest BCUT2D eigenvalue weighted by Crippen LogP contribution is 2.25. The summed E-state index contributed by atoms with van der Waals surface area (Å²) in [5.41, 5.74) is 0.706. The summed E-state index contributed by atoms with van der Waals surface area (Å²) in [6, 6.07) is 0. The molecule has 10 heteroatoms. The first-order valence-corrected chi connectivity index (χ1v) is 7.52. The molecule has 3 rings (SSSR count). The maximum Gasteiger partial charge on any atom is 0.342 e. The third-order valence-electron chi connectivity index (χ3n) is 3.20. The van der Waals surface area contributed by atoms with Crippen LogP contribution in [0.5, 0.6) is 0 Å². The van der Waals surface area contributed by atoms with Gasteiger partial charge in [0.05, 0.1) is 45.3 Å². The number of hydrogen-bond acceptors (Lipinski definition) is 8. The molecular formula is C12H14N6O3S. The predicted octanol–water partition coefficient (Wildman–Crippen LogP) is 1.12. The van der Waals surface area contributed by atoms with E-state index in [4.69, 9.17) is 4.74 Å².